The van der Waals surface area contributed by atoms with Gasteiger partial charge in [-0.1, -0.05) is 6.07 Å². The van der Waals surface area contributed by atoms with E-state index in [-0.39, 0.29) is 0 Å². The minimum atomic E-state index is 0.599. The first kappa shape index (κ1) is 12.2. The SMILES string of the molecule is COc1cc2c(C#N)cc3cccnc3c2cc1OC. The Labute approximate surface area is 116 Å². The van der Waals surface area contributed by atoms with Crippen molar-refractivity contribution in [3.8, 4) is 17.6 Å². The van der Waals surface area contributed by atoms with E-state index in [4.69, 9.17) is 9.47 Å². The predicted molar refractivity (Wildman–Crippen MR) is 77.1 cm³/mol. The lowest BCUT2D eigenvalue weighted by molar-refractivity contribution is 0.356. The molecule has 1 aromatic heterocycles. The van der Waals surface area contributed by atoms with Crippen molar-refractivity contribution in [3.63, 3.8) is 0 Å². The van der Waals surface area contributed by atoms with Crippen LogP contribution in [0.4, 0.5) is 0 Å². The monoisotopic (exact) mass is 264 g/mol. The molecule has 20 heavy (non-hydrogen) atoms. The summed E-state index contributed by atoms with van der Waals surface area (Å²) >= 11 is 0. The molecule has 0 unspecified atom stereocenters. The maximum absolute atomic E-state index is 9.34. The molecule has 0 atom stereocenters. The van der Waals surface area contributed by atoms with Gasteiger partial charge in [-0.3, -0.25) is 4.98 Å². The highest BCUT2D eigenvalue weighted by molar-refractivity contribution is 6.08. The summed E-state index contributed by atoms with van der Waals surface area (Å²) < 4.78 is 10.6. The van der Waals surface area contributed by atoms with E-state index in [2.05, 4.69) is 11.1 Å². The fraction of sp³-hybridized carbons (Fsp3) is 0.125. The van der Waals surface area contributed by atoms with Gasteiger partial charge in [-0.05, 0) is 24.3 Å². The van der Waals surface area contributed by atoms with Crippen LogP contribution >= 0.6 is 0 Å². The lowest BCUT2D eigenvalue weighted by atomic mass is 10.0. The second-order valence-electron chi connectivity index (χ2n) is 4.36. The molecule has 0 spiro atoms. The van der Waals surface area contributed by atoms with E-state index < -0.39 is 0 Å². The molecule has 0 bridgehead atoms. The van der Waals surface area contributed by atoms with Gasteiger partial charge in [-0.15, -0.1) is 0 Å². The number of methoxy groups -OCH3 is 2. The van der Waals surface area contributed by atoms with Crippen LogP contribution in [0.3, 0.4) is 0 Å². The smallest absolute Gasteiger partial charge is 0.161 e. The van der Waals surface area contributed by atoms with Gasteiger partial charge >= 0.3 is 0 Å². The van der Waals surface area contributed by atoms with E-state index >= 15 is 0 Å². The summed E-state index contributed by atoms with van der Waals surface area (Å²) in [7, 11) is 3.17. The average molecular weight is 264 g/mol. The van der Waals surface area contributed by atoms with Gasteiger partial charge < -0.3 is 9.47 Å². The van der Waals surface area contributed by atoms with Crippen LogP contribution in [0.15, 0.2) is 36.5 Å². The number of hydrogen-bond donors (Lipinski definition) is 0. The van der Waals surface area contributed by atoms with Gasteiger partial charge in [0.2, 0.25) is 0 Å². The minimum absolute atomic E-state index is 0.599. The van der Waals surface area contributed by atoms with Crippen LogP contribution in [0.5, 0.6) is 11.5 Å². The Kier molecular flexibility index (Phi) is 2.88. The van der Waals surface area contributed by atoms with Crippen LogP contribution in [0, 0.1) is 11.3 Å². The van der Waals surface area contributed by atoms with Gasteiger partial charge in [0, 0.05) is 22.4 Å². The molecular weight excluding hydrogens is 252 g/mol. The molecule has 0 saturated heterocycles. The molecule has 3 rings (SSSR count). The number of aromatic nitrogens is 1. The van der Waals surface area contributed by atoms with E-state index in [0.29, 0.717) is 17.1 Å². The normalized spacial score (nSPS) is 10.4. The highest BCUT2D eigenvalue weighted by Crippen LogP contribution is 2.36. The molecule has 0 radical (unpaired) electrons. The fourth-order valence-corrected chi connectivity index (χ4v) is 2.38. The Bertz CT molecular complexity index is 850. The highest BCUT2D eigenvalue weighted by Gasteiger charge is 2.12. The Balaban J connectivity index is 2.53. The minimum Gasteiger partial charge on any atom is -0.493 e. The Morgan fingerprint density at radius 1 is 1.05 bits per heavy atom. The van der Waals surface area contributed by atoms with Crippen LogP contribution < -0.4 is 9.47 Å². The molecule has 0 saturated carbocycles. The second kappa shape index (κ2) is 4.71. The van der Waals surface area contributed by atoms with Gasteiger partial charge in [-0.2, -0.15) is 5.26 Å². The van der Waals surface area contributed by atoms with Gasteiger partial charge in [0.05, 0.1) is 31.4 Å². The fourth-order valence-electron chi connectivity index (χ4n) is 2.38. The van der Waals surface area contributed by atoms with E-state index in [1.54, 1.807) is 20.4 Å². The van der Waals surface area contributed by atoms with E-state index in [1.165, 1.54) is 0 Å². The molecule has 1 heterocycles. The van der Waals surface area contributed by atoms with Crippen LogP contribution in [0.2, 0.25) is 0 Å². The van der Waals surface area contributed by atoms with Crippen molar-refractivity contribution in [1.29, 1.82) is 5.26 Å². The first-order valence-corrected chi connectivity index (χ1v) is 6.12. The van der Waals surface area contributed by atoms with Crippen LogP contribution in [-0.2, 0) is 0 Å². The Morgan fingerprint density at radius 3 is 2.40 bits per heavy atom. The molecule has 4 nitrogen and oxygen atoms in total. The number of nitriles is 1. The van der Waals surface area contributed by atoms with Crippen molar-refractivity contribution in [3.05, 3.63) is 42.1 Å². The summed E-state index contributed by atoms with van der Waals surface area (Å²) in [6.45, 7) is 0. The quantitative estimate of drug-likeness (QED) is 0.666. The lowest BCUT2D eigenvalue weighted by Crippen LogP contribution is -1.93. The first-order chi connectivity index (χ1) is 9.78. The summed E-state index contributed by atoms with van der Waals surface area (Å²) in [5.41, 5.74) is 1.45. The largest absolute Gasteiger partial charge is 0.493 e. The van der Waals surface area contributed by atoms with E-state index in [9.17, 15) is 5.26 Å². The van der Waals surface area contributed by atoms with Crippen molar-refractivity contribution in [2.75, 3.05) is 14.2 Å². The Hall–Kier alpha value is -2.80. The summed E-state index contributed by atoms with van der Waals surface area (Å²) in [5, 5.41) is 12.0. The summed E-state index contributed by atoms with van der Waals surface area (Å²) in [6.07, 6.45) is 1.74. The second-order valence-corrected chi connectivity index (χ2v) is 4.36. The Morgan fingerprint density at radius 2 is 1.75 bits per heavy atom. The molecular formula is C16H12N2O2. The van der Waals surface area contributed by atoms with Crippen molar-refractivity contribution in [2.24, 2.45) is 0 Å². The predicted octanol–water partition coefficient (Wildman–Crippen LogP) is 3.28. The molecule has 0 N–H and O–H groups in total. The van der Waals surface area contributed by atoms with Gasteiger partial charge in [0.15, 0.2) is 11.5 Å². The van der Waals surface area contributed by atoms with Gasteiger partial charge in [0.1, 0.15) is 0 Å². The van der Waals surface area contributed by atoms with Crippen LogP contribution in [-0.4, -0.2) is 19.2 Å². The van der Waals surface area contributed by atoms with E-state index in [1.807, 2.05) is 30.3 Å². The molecule has 0 aliphatic carbocycles. The molecule has 0 fully saturated rings. The summed E-state index contributed by atoms with van der Waals surface area (Å²) in [6, 6.07) is 11.6. The zero-order chi connectivity index (χ0) is 14.1. The zero-order valence-corrected chi connectivity index (χ0v) is 11.2. The number of pyridine rings is 1. The summed E-state index contributed by atoms with van der Waals surface area (Å²) in [4.78, 5) is 4.41. The molecule has 0 aliphatic heterocycles. The first-order valence-electron chi connectivity index (χ1n) is 6.12. The number of hydrogen-bond acceptors (Lipinski definition) is 4. The summed E-state index contributed by atoms with van der Waals surface area (Å²) in [5.74, 6) is 1.23. The van der Waals surface area contributed by atoms with Crippen molar-refractivity contribution >= 4 is 21.7 Å². The lowest BCUT2D eigenvalue weighted by Gasteiger charge is -2.11. The zero-order valence-electron chi connectivity index (χ0n) is 11.2. The topological polar surface area (TPSA) is 55.1 Å². The van der Waals surface area contributed by atoms with Crippen molar-refractivity contribution < 1.29 is 9.47 Å². The molecule has 3 aromatic rings. The maximum atomic E-state index is 9.34. The van der Waals surface area contributed by atoms with Crippen molar-refractivity contribution in [2.45, 2.75) is 0 Å². The maximum Gasteiger partial charge on any atom is 0.161 e. The number of fused-ring (bicyclic) bond motifs is 3. The number of benzene rings is 2. The number of ether oxygens (including phenoxy) is 2. The third-order valence-electron chi connectivity index (χ3n) is 3.33. The average Bonchev–Trinajstić information content (AvgIpc) is 2.52. The number of nitrogens with zero attached hydrogens (tertiary/aromatic N) is 2. The third-order valence-corrected chi connectivity index (χ3v) is 3.33. The van der Waals surface area contributed by atoms with Gasteiger partial charge in [-0.25, -0.2) is 0 Å². The highest BCUT2D eigenvalue weighted by atomic mass is 16.5. The third kappa shape index (κ3) is 1.72. The molecule has 98 valence electrons. The van der Waals surface area contributed by atoms with Crippen molar-refractivity contribution in [1.82, 2.24) is 4.98 Å². The van der Waals surface area contributed by atoms with E-state index in [0.717, 1.165) is 21.7 Å². The van der Waals surface area contributed by atoms with Gasteiger partial charge in [0.25, 0.3) is 0 Å². The van der Waals surface area contributed by atoms with Crippen LogP contribution in [0.1, 0.15) is 5.56 Å². The molecule has 0 aliphatic rings. The molecule has 2 aromatic carbocycles. The number of rotatable bonds is 2. The molecule has 0 amide bonds. The standard InChI is InChI=1S/C16H12N2O2/c1-19-14-7-12-11(9-17)6-10-4-3-5-18-16(10)13(12)8-15(14)20-2/h3-8H,1-2H3. The van der Waals surface area contributed by atoms with Crippen LogP contribution in [0.25, 0.3) is 21.7 Å². The molecule has 4 heteroatoms.